The van der Waals surface area contributed by atoms with Crippen molar-refractivity contribution in [3.05, 3.63) is 27.7 Å². The smallest absolute Gasteiger partial charge is 0.321 e. The molecule has 94 valence electrons. The second-order valence-electron chi connectivity index (χ2n) is 3.51. The van der Waals surface area contributed by atoms with E-state index in [1.54, 1.807) is 0 Å². The Kier molecular flexibility index (Phi) is 4.76. The van der Waals surface area contributed by atoms with Gasteiger partial charge in [0.2, 0.25) is 0 Å². The molecule has 17 heavy (non-hydrogen) atoms. The molecule has 0 heterocycles. The van der Waals surface area contributed by atoms with Crippen LogP contribution in [0.3, 0.4) is 0 Å². The molecule has 0 unspecified atom stereocenters. The normalized spacial score (nSPS) is 11.6. The van der Waals surface area contributed by atoms with Crippen LogP contribution in [0.2, 0.25) is 10.0 Å². The molecule has 0 saturated carbocycles. The van der Waals surface area contributed by atoms with Crippen molar-refractivity contribution in [1.29, 1.82) is 0 Å². The first-order valence-electron chi connectivity index (χ1n) is 4.85. The molecule has 0 spiro atoms. The van der Waals surface area contributed by atoms with Crippen molar-refractivity contribution < 1.29 is 19.1 Å². The van der Waals surface area contributed by atoms with Crippen LogP contribution in [-0.4, -0.2) is 15.6 Å². The molecule has 4 nitrogen and oxygen atoms in total. The molecule has 0 aliphatic heterocycles. The Morgan fingerprint density at radius 1 is 1.29 bits per heavy atom. The van der Waals surface area contributed by atoms with Crippen molar-refractivity contribution in [3.63, 3.8) is 0 Å². The van der Waals surface area contributed by atoms with Gasteiger partial charge in [-0.05, 0) is 18.6 Å². The summed E-state index contributed by atoms with van der Waals surface area (Å²) < 4.78 is 11.1. The maximum atomic E-state index is 11.6. The minimum Gasteiger partial charge on any atom is -0.321 e. The van der Waals surface area contributed by atoms with E-state index in [9.17, 15) is 9.36 Å². The third kappa shape index (κ3) is 3.54. The van der Waals surface area contributed by atoms with Gasteiger partial charge in [0.15, 0.2) is 5.78 Å². The summed E-state index contributed by atoms with van der Waals surface area (Å²) >= 11 is 11.5. The molecule has 0 radical (unpaired) electrons. The fraction of sp³-hybridized carbons (Fsp3) is 0.300. The molecule has 0 bridgehead atoms. The molecule has 0 amide bonds. The van der Waals surface area contributed by atoms with Gasteiger partial charge in [0.25, 0.3) is 0 Å². The first-order chi connectivity index (χ1) is 7.77. The van der Waals surface area contributed by atoms with E-state index in [1.165, 1.54) is 12.1 Å². The zero-order valence-electron chi connectivity index (χ0n) is 8.98. The average molecular weight is 297 g/mol. The zero-order valence-corrected chi connectivity index (χ0v) is 11.4. The lowest BCUT2D eigenvalue weighted by molar-refractivity contribution is 0.0981. The predicted molar refractivity (Wildman–Crippen MR) is 67.4 cm³/mol. The van der Waals surface area contributed by atoms with E-state index < -0.39 is 12.9 Å². The summed E-state index contributed by atoms with van der Waals surface area (Å²) in [5.74, 6) is -0.159. The van der Waals surface area contributed by atoms with Crippen LogP contribution in [0, 0.1) is 0 Å². The maximum absolute atomic E-state index is 11.6. The van der Waals surface area contributed by atoms with Gasteiger partial charge in [-0.25, -0.2) is 0 Å². The topological polar surface area (TPSA) is 74.6 Å². The quantitative estimate of drug-likeness (QED) is 0.662. The van der Waals surface area contributed by atoms with E-state index in [1.807, 2.05) is 6.92 Å². The fourth-order valence-electron chi connectivity index (χ4n) is 1.38. The second-order valence-corrected chi connectivity index (χ2v) is 5.86. The minimum absolute atomic E-state index is 0.159. The van der Waals surface area contributed by atoms with Crippen LogP contribution >= 0.6 is 30.8 Å². The molecule has 2 N–H and O–H groups in total. The molecular weight excluding hydrogens is 286 g/mol. The largest absolute Gasteiger partial charge is 0.359 e. The van der Waals surface area contributed by atoms with E-state index in [2.05, 4.69) is 0 Å². The monoisotopic (exact) mass is 296 g/mol. The van der Waals surface area contributed by atoms with Gasteiger partial charge in [-0.3, -0.25) is 9.36 Å². The Balaban J connectivity index is 3.28. The van der Waals surface area contributed by atoms with E-state index >= 15 is 0 Å². The molecule has 0 aromatic heterocycles. The first-order valence-corrected chi connectivity index (χ1v) is 7.22. The van der Waals surface area contributed by atoms with E-state index in [0.29, 0.717) is 12.8 Å². The second kappa shape index (κ2) is 5.51. The maximum Gasteiger partial charge on any atom is 0.359 e. The number of halogens is 2. The average Bonchev–Trinajstić information content (AvgIpc) is 2.14. The molecule has 0 saturated heterocycles. The summed E-state index contributed by atoms with van der Waals surface area (Å²) in [5, 5.41) is -0.815. The van der Waals surface area contributed by atoms with Crippen molar-refractivity contribution in [1.82, 2.24) is 0 Å². The summed E-state index contributed by atoms with van der Waals surface area (Å²) in [6.45, 7) is 1.85. The van der Waals surface area contributed by atoms with Crippen LogP contribution in [0.15, 0.2) is 12.1 Å². The van der Waals surface area contributed by atoms with Crippen LogP contribution in [0.1, 0.15) is 30.1 Å². The van der Waals surface area contributed by atoms with Gasteiger partial charge in [-0.15, -0.1) is 0 Å². The third-order valence-corrected chi connectivity index (χ3v) is 4.03. The minimum atomic E-state index is -4.53. The lowest BCUT2D eigenvalue weighted by Crippen LogP contribution is -2.10. The Bertz CT molecular complexity index is 472. The number of carbonyl (C=O) groups is 1. The van der Waals surface area contributed by atoms with Gasteiger partial charge in [0, 0.05) is 12.0 Å². The van der Waals surface area contributed by atoms with Crippen LogP contribution in [0.4, 0.5) is 0 Å². The number of ketones is 1. The molecule has 0 atom stereocenters. The number of Topliss-reactive ketones (excluding diaryl/α,β-unsaturated/α-hetero) is 1. The molecule has 0 aliphatic carbocycles. The van der Waals surface area contributed by atoms with Gasteiger partial charge < -0.3 is 9.79 Å². The highest BCUT2D eigenvalue weighted by Crippen LogP contribution is 2.40. The van der Waals surface area contributed by atoms with Gasteiger partial charge >= 0.3 is 7.60 Å². The molecule has 1 aromatic carbocycles. The Hall–Kier alpha value is -0.380. The van der Waals surface area contributed by atoms with E-state index in [4.69, 9.17) is 33.0 Å². The molecule has 1 aromatic rings. The first kappa shape index (κ1) is 14.7. The molecule has 0 fully saturated rings. The van der Waals surface area contributed by atoms with Crippen molar-refractivity contribution in [3.8, 4) is 0 Å². The standard InChI is InChI=1S/C10H11Cl2O4P/c1-2-3-9(13)6-4-7(11)10(8(12)5-6)17(14,15)16/h4-5H,2-3H2,1H3,(H2,14,15,16). The van der Waals surface area contributed by atoms with Crippen molar-refractivity contribution in [2.45, 2.75) is 19.8 Å². The Morgan fingerprint density at radius 3 is 2.12 bits per heavy atom. The molecule has 1 rings (SSSR count). The molecular formula is C10H11Cl2O4P. The summed E-state index contributed by atoms with van der Waals surface area (Å²) in [6.07, 6.45) is 1.01. The van der Waals surface area contributed by atoms with Gasteiger partial charge in [-0.1, -0.05) is 30.1 Å². The fourth-order valence-corrected chi connectivity index (χ4v) is 3.21. The summed E-state index contributed by atoms with van der Waals surface area (Å²) in [5.41, 5.74) is 0.263. The number of hydrogen-bond acceptors (Lipinski definition) is 2. The third-order valence-electron chi connectivity index (χ3n) is 2.11. The zero-order chi connectivity index (χ0) is 13.2. The van der Waals surface area contributed by atoms with Crippen LogP contribution < -0.4 is 5.30 Å². The van der Waals surface area contributed by atoms with Crippen molar-refractivity contribution in [2.24, 2.45) is 0 Å². The highest BCUT2D eigenvalue weighted by Gasteiger charge is 2.26. The molecule has 7 heteroatoms. The molecule has 0 aliphatic rings. The van der Waals surface area contributed by atoms with Crippen LogP contribution in [-0.2, 0) is 4.57 Å². The van der Waals surface area contributed by atoms with Crippen molar-refractivity contribution in [2.75, 3.05) is 0 Å². The van der Waals surface area contributed by atoms with Crippen LogP contribution in [0.25, 0.3) is 0 Å². The summed E-state index contributed by atoms with van der Waals surface area (Å²) in [4.78, 5) is 29.7. The van der Waals surface area contributed by atoms with Crippen LogP contribution in [0.5, 0.6) is 0 Å². The Morgan fingerprint density at radius 2 is 1.76 bits per heavy atom. The highest BCUT2D eigenvalue weighted by atomic mass is 35.5. The number of hydrogen-bond donors (Lipinski definition) is 2. The summed E-state index contributed by atoms with van der Waals surface area (Å²) in [7, 11) is -4.53. The number of carbonyl (C=O) groups excluding carboxylic acids is 1. The number of benzene rings is 1. The highest BCUT2D eigenvalue weighted by molar-refractivity contribution is 7.61. The Labute approximate surface area is 109 Å². The van der Waals surface area contributed by atoms with E-state index in [0.717, 1.165) is 0 Å². The predicted octanol–water partition coefficient (Wildman–Crippen LogP) is 2.78. The van der Waals surface area contributed by atoms with Gasteiger partial charge in [-0.2, -0.15) is 0 Å². The van der Waals surface area contributed by atoms with Gasteiger partial charge in [0.05, 0.1) is 10.0 Å². The lowest BCUT2D eigenvalue weighted by atomic mass is 10.1. The van der Waals surface area contributed by atoms with Crippen molar-refractivity contribution >= 4 is 41.9 Å². The van der Waals surface area contributed by atoms with Gasteiger partial charge in [0.1, 0.15) is 5.30 Å². The number of rotatable bonds is 4. The SMILES string of the molecule is CCCC(=O)c1cc(Cl)c(P(=O)(O)O)c(Cl)c1. The lowest BCUT2D eigenvalue weighted by Gasteiger charge is -2.10. The summed E-state index contributed by atoms with van der Waals surface area (Å²) in [6, 6.07) is 2.47. The van der Waals surface area contributed by atoms with E-state index in [-0.39, 0.29) is 21.4 Å².